The molecule has 4 nitrogen and oxygen atoms in total. The molecule has 1 saturated heterocycles. The summed E-state index contributed by atoms with van der Waals surface area (Å²) in [5, 5.41) is 3.01. The second-order valence-electron chi connectivity index (χ2n) is 3.74. The van der Waals surface area contributed by atoms with E-state index in [1.807, 2.05) is 4.90 Å². The molecule has 0 unspecified atom stereocenters. The molecule has 2 aliphatic rings. The van der Waals surface area contributed by atoms with Crippen molar-refractivity contribution >= 4 is 6.03 Å². The zero-order valence-corrected chi connectivity index (χ0v) is 7.95. The van der Waals surface area contributed by atoms with Crippen LogP contribution < -0.4 is 5.32 Å². The number of fused-ring (bicyclic) bond motifs is 1. The third-order valence-corrected chi connectivity index (χ3v) is 2.99. The van der Waals surface area contributed by atoms with E-state index >= 15 is 0 Å². The van der Waals surface area contributed by atoms with Crippen LogP contribution in [0.3, 0.4) is 0 Å². The van der Waals surface area contributed by atoms with E-state index in [1.54, 1.807) is 7.11 Å². The quantitative estimate of drug-likeness (QED) is 0.697. The second-order valence-corrected chi connectivity index (χ2v) is 3.74. The lowest BCUT2D eigenvalue weighted by atomic mass is 10.2. The molecule has 2 amide bonds. The number of hydrogen-bond acceptors (Lipinski definition) is 2. The van der Waals surface area contributed by atoms with Crippen LogP contribution in [0, 0.1) is 0 Å². The molecular weight excluding hydrogens is 168 g/mol. The summed E-state index contributed by atoms with van der Waals surface area (Å²) in [4.78, 5) is 13.4. The molecule has 2 fully saturated rings. The number of amides is 2. The third kappa shape index (κ3) is 1.50. The van der Waals surface area contributed by atoms with Crippen LogP contribution in [0.4, 0.5) is 4.79 Å². The number of carbonyl (C=O) groups is 1. The topological polar surface area (TPSA) is 41.6 Å². The van der Waals surface area contributed by atoms with E-state index in [4.69, 9.17) is 4.74 Å². The summed E-state index contributed by atoms with van der Waals surface area (Å²) in [5.41, 5.74) is 0. The Balaban J connectivity index is 1.96. The van der Waals surface area contributed by atoms with Crippen molar-refractivity contribution in [3.05, 3.63) is 0 Å². The highest BCUT2D eigenvalue weighted by Gasteiger charge is 2.41. The summed E-state index contributed by atoms with van der Waals surface area (Å²) in [6.45, 7) is 1.36. The van der Waals surface area contributed by atoms with Crippen LogP contribution in [0.2, 0.25) is 0 Å². The number of ether oxygens (including phenoxy) is 1. The van der Waals surface area contributed by atoms with Gasteiger partial charge in [0.1, 0.15) is 0 Å². The fourth-order valence-electron chi connectivity index (χ4n) is 2.33. The molecule has 1 aliphatic heterocycles. The number of hydrogen-bond donors (Lipinski definition) is 1. The fourth-order valence-corrected chi connectivity index (χ4v) is 2.33. The third-order valence-electron chi connectivity index (χ3n) is 2.99. The van der Waals surface area contributed by atoms with Gasteiger partial charge in [-0.05, 0) is 19.3 Å². The fraction of sp³-hybridized carbons (Fsp3) is 0.889. The molecule has 2 rings (SSSR count). The molecular formula is C9H16N2O2. The maximum Gasteiger partial charge on any atom is 0.318 e. The van der Waals surface area contributed by atoms with E-state index in [1.165, 1.54) is 6.42 Å². The minimum absolute atomic E-state index is 0.0896. The van der Waals surface area contributed by atoms with Gasteiger partial charge in [-0.3, -0.25) is 0 Å². The number of urea groups is 1. The highest BCUT2D eigenvalue weighted by molar-refractivity contribution is 5.77. The van der Waals surface area contributed by atoms with E-state index in [9.17, 15) is 4.79 Å². The Bertz CT molecular complexity index is 208. The van der Waals surface area contributed by atoms with Gasteiger partial charge in [0.2, 0.25) is 0 Å². The zero-order chi connectivity index (χ0) is 9.26. The molecule has 0 spiro atoms. The lowest BCUT2D eigenvalue weighted by Gasteiger charge is -2.21. The summed E-state index contributed by atoms with van der Waals surface area (Å²) >= 11 is 0. The minimum atomic E-state index is 0.0896. The van der Waals surface area contributed by atoms with Crippen molar-refractivity contribution in [3.63, 3.8) is 0 Å². The van der Waals surface area contributed by atoms with Crippen LogP contribution in [0.5, 0.6) is 0 Å². The molecule has 0 aromatic rings. The van der Waals surface area contributed by atoms with E-state index in [0.29, 0.717) is 18.7 Å². The largest absolute Gasteiger partial charge is 0.383 e. The van der Waals surface area contributed by atoms with Crippen LogP contribution in [-0.4, -0.2) is 43.3 Å². The standard InChI is InChI=1S/C9H16N2O2/c1-13-6-5-11-8-4-2-3-7(8)10-9(11)12/h7-8H,2-6H2,1H3,(H,10,12)/t7-,8+/m1/s1. The van der Waals surface area contributed by atoms with E-state index in [2.05, 4.69) is 5.32 Å². The van der Waals surface area contributed by atoms with Crippen LogP contribution in [0.15, 0.2) is 0 Å². The predicted molar refractivity (Wildman–Crippen MR) is 48.5 cm³/mol. The Kier molecular flexibility index (Phi) is 2.40. The summed E-state index contributed by atoms with van der Waals surface area (Å²) < 4.78 is 4.98. The van der Waals surface area contributed by atoms with Gasteiger partial charge in [0.05, 0.1) is 18.7 Å². The molecule has 1 N–H and O–H groups in total. The summed E-state index contributed by atoms with van der Waals surface area (Å²) in [7, 11) is 1.67. The Morgan fingerprint density at radius 2 is 2.46 bits per heavy atom. The van der Waals surface area contributed by atoms with Crippen LogP contribution in [-0.2, 0) is 4.74 Å². The molecule has 1 saturated carbocycles. The van der Waals surface area contributed by atoms with Crippen LogP contribution in [0.25, 0.3) is 0 Å². The smallest absolute Gasteiger partial charge is 0.318 e. The van der Waals surface area contributed by atoms with Crippen molar-refractivity contribution in [1.29, 1.82) is 0 Å². The average molecular weight is 184 g/mol. The number of nitrogens with zero attached hydrogens (tertiary/aromatic N) is 1. The number of methoxy groups -OCH3 is 1. The SMILES string of the molecule is COCCN1C(=O)N[C@@H]2CCC[C@@H]21. The molecule has 13 heavy (non-hydrogen) atoms. The molecule has 4 heteroatoms. The lowest BCUT2D eigenvalue weighted by Crippen LogP contribution is -2.36. The Labute approximate surface area is 78.2 Å². The van der Waals surface area contributed by atoms with Gasteiger partial charge in [-0.15, -0.1) is 0 Å². The van der Waals surface area contributed by atoms with Crippen molar-refractivity contribution in [2.24, 2.45) is 0 Å². The zero-order valence-electron chi connectivity index (χ0n) is 7.95. The molecule has 0 radical (unpaired) electrons. The van der Waals surface area contributed by atoms with Crippen molar-refractivity contribution in [2.75, 3.05) is 20.3 Å². The first-order valence-corrected chi connectivity index (χ1v) is 4.89. The van der Waals surface area contributed by atoms with Gasteiger partial charge in [0.15, 0.2) is 0 Å². The first kappa shape index (κ1) is 8.81. The van der Waals surface area contributed by atoms with Gasteiger partial charge in [0.25, 0.3) is 0 Å². The van der Waals surface area contributed by atoms with Crippen LogP contribution in [0.1, 0.15) is 19.3 Å². The van der Waals surface area contributed by atoms with Gasteiger partial charge < -0.3 is 15.0 Å². The second kappa shape index (κ2) is 3.54. The lowest BCUT2D eigenvalue weighted by molar-refractivity contribution is 0.146. The van der Waals surface area contributed by atoms with Crippen molar-refractivity contribution in [3.8, 4) is 0 Å². The van der Waals surface area contributed by atoms with Crippen molar-refractivity contribution in [2.45, 2.75) is 31.3 Å². The summed E-state index contributed by atoms with van der Waals surface area (Å²) in [5.74, 6) is 0. The normalized spacial score (nSPS) is 32.1. The maximum atomic E-state index is 11.5. The van der Waals surface area contributed by atoms with Crippen LogP contribution >= 0.6 is 0 Å². The summed E-state index contributed by atoms with van der Waals surface area (Å²) in [6.07, 6.45) is 3.52. The number of carbonyl (C=O) groups excluding carboxylic acids is 1. The molecule has 0 bridgehead atoms. The van der Waals surface area contributed by atoms with E-state index in [-0.39, 0.29) is 6.03 Å². The Morgan fingerprint density at radius 3 is 3.23 bits per heavy atom. The van der Waals surface area contributed by atoms with Gasteiger partial charge in [0, 0.05) is 13.7 Å². The molecule has 0 aromatic heterocycles. The Morgan fingerprint density at radius 1 is 1.62 bits per heavy atom. The average Bonchev–Trinajstić information content (AvgIpc) is 2.62. The maximum absolute atomic E-state index is 11.5. The van der Waals surface area contributed by atoms with Gasteiger partial charge in [-0.25, -0.2) is 4.79 Å². The molecule has 74 valence electrons. The first-order chi connectivity index (χ1) is 6.33. The predicted octanol–water partition coefficient (Wildman–Crippen LogP) is 0.579. The Hall–Kier alpha value is -0.770. The van der Waals surface area contributed by atoms with Gasteiger partial charge >= 0.3 is 6.03 Å². The number of rotatable bonds is 3. The molecule has 1 heterocycles. The number of nitrogens with one attached hydrogen (secondary N) is 1. The molecule has 2 atom stereocenters. The minimum Gasteiger partial charge on any atom is -0.383 e. The molecule has 0 aromatic carbocycles. The first-order valence-electron chi connectivity index (χ1n) is 4.89. The van der Waals surface area contributed by atoms with Crippen molar-refractivity contribution < 1.29 is 9.53 Å². The summed E-state index contributed by atoms with van der Waals surface area (Å²) in [6, 6.07) is 0.929. The highest BCUT2D eigenvalue weighted by Crippen LogP contribution is 2.28. The molecule has 1 aliphatic carbocycles. The van der Waals surface area contributed by atoms with Crippen molar-refractivity contribution in [1.82, 2.24) is 10.2 Å². The van der Waals surface area contributed by atoms with E-state index < -0.39 is 0 Å². The monoisotopic (exact) mass is 184 g/mol. The van der Waals surface area contributed by atoms with E-state index in [0.717, 1.165) is 19.4 Å². The highest BCUT2D eigenvalue weighted by atomic mass is 16.5. The van der Waals surface area contributed by atoms with Gasteiger partial charge in [-0.1, -0.05) is 0 Å². The van der Waals surface area contributed by atoms with Gasteiger partial charge in [-0.2, -0.15) is 0 Å².